The Kier molecular flexibility index (Phi) is 7.30. The highest BCUT2D eigenvalue weighted by atomic mass is 35.5. The summed E-state index contributed by atoms with van der Waals surface area (Å²) in [5.74, 6) is 0.540. The summed E-state index contributed by atoms with van der Waals surface area (Å²) in [6.07, 6.45) is 0. The molecule has 1 amide bonds. The summed E-state index contributed by atoms with van der Waals surface area (Å²) in [7, 11) is 0. The van der Waals surface area contributed by atoms with Crippen LogP contribution in [0.4, 0.5) is 0 Å². The van der Waals surface area contributed by atoms with Crippen molar-refractivity contribution in [1.29, 1.82) is 0 Å². The summed E-state index contributed by atoms with van der Waals surface area (Å²) < 4.78 is 1.91. The first-order chi connectivity index (χ1) is 16.4. The molecule has 0 spiro atoms. The molecule has 0 aliphatic rings. The van der Waals surface area contributed by atoms with Crippen molar-refractivity contribution in [3.05, 3.63) is 88.9 Å². The Hall–Kier alpha value is -3.62. The maximum atomic E-state index is 12.5. The van der Waals surface area contributed by atoms with Gasteiger partial charge in [-0.1, -0.05) is 53.2 Å². The Labute approximate surface area is 206 Å². The van der Waals surface area contributed by atoms with Gasteiger partial charge in [0.25, 0.3) is 5.91 Å². The molecule has 1 heterocycles. The smallest absolute Gasteiger partial charge is 0.250 e. The number of halogens is 1. The lowest BCUT2D eigenvalue weighted by Crippen LogP contribution is -2.21. The first-order valence-electron chi connectivity index (χ1n) is 10.4. The van der Waals surface area contributed by atoms with E-state index in [-0.39, 0.29) is 17.4 Å². The minimum atomic E-state index is -0.300. The number of phenols is 1. The number of amides is 1. The average Bonchev–Trinajstić information content (AvgIpc) is 3.26. The zero-order valence-corrected chi connectivity index (χ0v) is 20.1. The van der Waals surface area contributed by atoms with E-state index in [4.69, 9.17) is 11.6 Å². The molecule has 7 nitrogen and oxygen atoms in total. The van der Waals surface area contributed by atoms with Crippen molar-refractivity contribution in [2.75, 3.05) is 5.75 Å². The number of nitrogens with one attached hydrogen (secondary N) is 1. The molecule has 0 saturated heterocycles. The van der Waals surface area contributed by atoms with Crippen LogP contribution in [0.3, 0.4) is 0 Å². The number of carbonyl (C=O) groups excluding carboxylic acids is 1. The van der Waals surface area contributed by atoms with E-state index >= 15 is 0 Å². The molecule has 0 fully saturated rings. The Morgan fingerprint density at radius 1 is 1.06 bits per heavy atom. The molecule has 1 aromatic heterocycles. The fourth-order valence-corrected chi connectivity index (χ4v) is 4.09. The lowest BCUT2D eigenvalue weighted by atomic mass is 10.1. The maximum Gasteiger partial charge on any atom is 0.250 e. The summed E-state index contributed by atoms with van der Waals surface area (Å²) in [5.41, 5.74) is 6.48. The third kappa shape index (κ3) is 5.47. The fourth-order valence-electron chi connectivity index (χ4n) is 3.22. The summed E-state index contributed by atoms with van der Waals surface area (Å²) >= 11 is 7.30. The van der Waals surface area contributed by atoms with Crippen molar-refractivity contribution in [1.82, 2.24) is 20.2 Å². The number of thioether (sulfide) groups is 1. The molecule has 0 atom stereocenters. The second-order valence-electron chi connectivity index (χ2n) is 7.52. The second kappa shape index (κ2) is 10.5. The number of nitrogens with zero attached hydrogens (tertiary/aromatic N) is 4. The van der Waals surface area contributed by atoms with Crippen LogP contribution in [0.2, 0.25) is 5.02 Å². The predicted octanol–water partition coefficient (Wildman–Crippen LogP) is 5.23. The van der Waals surface area contributed by atoms with Gasteiger partial charge in [0.1, 0.15) is 5.75 Å². The molecule has 0 aliphatic heterocycles. The SMILES string of the molecule is CC(=NNC(=O)CSc1nnc(-c2ccc(Cl)cc2)n1-c1ccc(C)cc1)c1ccccc1O. The van der Waals surface area contributed by atoms with Gasteiger partial charge in [0, 0.05) is 21.8 Å². The minimum absolute atomic E-state index is 0.0855. The van der Waals surface area contributed by atoms with Crippen LogP contribution < -0.4 is 5.43 Å². The monoisotopic (exact) mass is 491 g/mol. The van der Waals surface area contributed by atoms with Gasteiger partial charge in [-0.15, -0.1) is 10.2 Å². The Morgan fingerprint density at radius 2 is 1.76 bits per heavy atom. The first kappa shape index (κ1) is 23.5. The van der Waals surface area contributed by atoms with Gasteiger partial charge in [0.15, 0.2) is 11.0 Å². The predicted molar refractivity (Wildman–Crippen MR) is 136 cm³/mol. The number of hydrogen-bond donors (Lipinski definition) is 2. The number of benzene rings is 3. The van der Waals surface area contributed by atoms with E-state index in [1.165, 1.54) is 11.8 Å². The highest BCUT2D eigenvalue weighted by Gasteiger charge is 2.17. The van der Waals surface area contributed by atoms with Crippen molar-refractivity contribution in [3.8, 4) is 22.8 Å². The van der Waals surface area contributed by atoms with Gasteiger partial charge in [-0.25, -0.2) is 5.43 Å². The number of aromatic nitrogens is 3. The van der Waals surface area contributed by atoms with Crippen LogP contribution >= 0.6 is 23.4 Å². The summed E-state index contributed by atoms with van der Waals surface area (Å²) in [4.78, 5) is 12.5. The van der Waals surface area contributed by atoms with E-state index in [1.54, 1.807) is 43.3 Å². The molecule has 9 heteroatoms. The Morgan fingerprint density at radius 3 is 2.47 bits per heavy atom. The third-order valence-electron chi connectivity index (χ3n) is 5.00. The van der Waals surface area contributed by atoms with Crippen LogP contribution in [0.5, 0.6) is 5.75 Å². The number of carbonyl (C=O) groups is 1. The van der Waals surface area contributed by atoms with Crippen molar-refractivity contribution >= 4 is 35.0 Å². The van der Waals surface area contributed by atoms with Gasteiger partial charge < -0.3 is 5.11 Å². The molecule has 4 aromatic rings. The molecule has 0 saturated carbocycles. The van der Waals surface area contributed by atoms with Crippen LogP contribution in [-0.2, 0) is 4.79 Å². The molecule has 34 heavy (non-hydrogen) atoms. The number of hydrazone groups is 1. The van der Waals surface area contributed by atoms with Gasteiger partial charge in [-0.05, 0) is 62.4 Å². The molecule has 4 rings (SSSR count). The Balaban J connectivity index is 1.54. The summed E-state index contributed by atoms with van der Waals surface area (Å²) in [6.45, 7) is 3.74. The average molecular weight is 492 g/mol. The lowest BCUT2D eigenvalue weighted by Gasteiger charge is -2.11. The largest absolute Gasteiger partial charge is 0.507 e. The lowest BCUT2D eigenvalue weighted by molar-refractivity contribution is -0.118. The molecular weight excluding hydrogens is 470 g/mol. The number of para-hydroxylation sites is 1. The van der Waals surface area contributed by atoms with Crippen LogP contribution in [0.15, 0.2) is 83.1 Å². The highest BCUT2D eigenvalue weighted by Crippen LogP contribution is 2.29. The van der Waals surface area contributed by atoms with E-state index < -0.39 is 0 Å². The standard InChI is InChI=1S/C25H22ClN5O2S/c1-16-7-13-20(14-8-16)31-24(18-9-11-19(26)12-10-18)29-30-25(31)34-15-23(33)28-27-17(2)21-5-3-4-6-22(21)32/h3-14,32H,15H2,1-2H3,(H,28,33). The topological polar surface area (TPSA) is 92.4 Å². The Bertz CT molecular complexity index is 1330. The fraction of sp³-hybridized carbons (Fsp3) is 0.120. The van der Waals surface area contributed by atoms with Crippen LogP contribution in [-0.4, -0.2) is 37.2 Å². The van der Waals surface area contributed by atoms with Crippen molar-refractivity contribution < 1.29 is 9.90 Å². The van der Waals surface area contributed by atoms with E-state index in [2.05, 4.69) is 20.7 Å². The van der Waals surface area contributed by atoms with E-state index in [0.29, 0.717) is 27.3 Å². The molecule has 0 aliphatic carbocycles. The second-order valence-corrected chi connectivity index (χ2v) is 8.90. The van der Waals surface area contributed by atoms with Crippen molar-refractivity contribution in [3.63, 3.8) is 0 Å². The number of hydrogen-bond acceptors (Lipinski definition) is 6. The highest BCUT2D eigenvalue weighted by molar-refractivity contribution is 7.99. The van der Waals surface area contributed by atoms with Gasteiger partial charge in [0.05, 0.1) is 11.5 Å². The number of aromatic hydroxyl groups is 1. The van der Waals surface area contributed by atoms with E-state index in [0.717, 1.165) is 16.8 Å². The van der Waals surface area contributed by atoms with Gasteiger partial charge in [-0.3, -0.25) is 9.36 Å². The van der Waals surface area contributed by atoms with Gasteiger partial charge in [-0.2, -0.15) is 5.10 Å². The van der Waals surface area contributed by atoms with Gasteiger partial charge in [0.2, 0.25) is 0 Å². The molecule has 0 unspecified atom stereocenters. The van der Waals surface area contributed by atoms with E-state index in [9.17, 15) is 9.90 Å². The van der Waals surface area contributed by atoms with Crippen LogP contribution in [0, 0.1) is 6.92 Å². The van der Waals surface area contributed by atoms with Crippen molar-refractivity contribution in [2.45, 2.75) is 19.0 Å². The molecule has 0 radical (unpaired) electrons. The van der Waals surface area contributed by atoms with E-state index in [1.807, 2.05) is 47.9 Å². The number of aryl methyl sites for hydroxylation is 1. The maximum absolute atomic E-state index is 12.5. The van der Waals surface area contributed by atoms with Crippen LogP contribution in [0.1, 0.15) is 18.1 Å². The molecular formula is C25H22ClN5O2S. The third-order valence-corrected chi connectivity index (χ3v) is 6.18. The quantitative estimate of drug-likeness (QED) is 0.210. The first-order valence-corrected chi connectivity index (χ1v) is 11.8. The van der Waals surface area contributed by atoms with Gasteiger partial charge >= 0.3 is 0 Å². The number of rotatable bonds is 7. The molecule has 2 N–H and O–H groups in total. The zero-order chi connectivity index (χ0) is 24.1. The molecule has 3 aromatic carbocycles. The van der Waals surface area contributed by atoms with Crippen molar-refractivity contribution in [2.24, 2.45) is 5.10 Å². The number of phenolic OH excluding ortho intramolecular Hbond substituents is 1. The normalized spacial score (nSPS) is 11.4. The molecule has 0 bridgehead atoms. The summed E-state index contributed by atoms with van der Waals surface area (Å²) in [5, 5.41) is 24.0. The minimum Gasteiger partial charge on any atom is -0.507 e. The zero-order valence-electron chi connectivity index (χ0n) is 18.6. The van der Waals surface area contributed by atoms with Crippen LogP contribution in [0.25, 0.3) is 17.1 Å². The summed E-state index contributed by atoms with van der Waals surface area (Å²) in [6, 6.07) is 22.2. The molecule has 172 valence electrons.